The fourth-order valence-electron chi connectivity index (χ4n) is 3.25. The Morgan fingerprint density at radius 2 is 1.79 bits per heavy atom. The molecule has 0 bridgehead atoms. The molecule has 1 aromatic carbocycles. The van der Waals surface area contributed by atoms with Crippen molar-refractivity contribution in [2.24, 2.45) is 0 Å². The first-order valence-corrected chi connectivity index (χ1v) is 9.43. The molecule has 2 heterocycles. The predicted octanol–water partition coefficient (Wildman–Crippen LogP) is 2.30. The molecule has 2 aromatic rings. The van der Waals surface area contributed by atoms with Gasteiger partial charge in [-0.25, -0.2) is 4.98 Å². The number of aromatic nitrogens is 1. The van der Waals surface area contributed by atoms with Gasteiger partial charge < -0.3 is 19.5 Å². The molecule has 0 unspecified atom stereocenters. The standard InChI is InChI=1S/C22H27N3O3/c1-26-20-14-17(15-21(27-2)22(20)28-3)5-6-19-13-18(7-9-24-19)16-25-11-4-8-23-10-12-25/h7,9,13-15,23H,4,8,10-12,16H2,1-3H3. The minimum atomic E-state index is 0.558. The van der Waals surface area contributed by atoms with Crippen molar-refractivity contribution < 1.29 is 14.2 Å². The highest BCUT2D eigenvalue weighted by molar-refractivity contribution is 5.58. The molecule has 6 nitrogen and oxygen atoms in total. The average molecular weight is 381 g/mol. The monoisotopic (exact) mass is 381 g/mol. The Hall–Kier alpha value is -2.75. The molecule has 0 saturated carbocycles. The first kappa shape index (κ1) is 20.0. The van der Waals surface area contributed by atoms with Gasteiger partial charge in [0.05, 0.1) is 21.3 Å². The van der Waals surface area contributed by atoms with Gasteiger partial charge in [-0.15, -0.1) is 0 Å². The van der Waals surface area contributed by atoms with Crippen LogP contribution in [-0.2, 0) is 6.54 Å². The number of rotatable bonds is 5. The summed E-state index contributed by atoms with van der Waals surface area (Å²) in [5.74, 6) is 8.03. The Balaban J connectivity index is 1.78. The van der Waals surface area contributed by atoms with Crippen molar-refractivity contribution in [3.63, 3.8) is 0 Å². The second-order valence-electron chi connectivity index (χ2n) is 6.59. The van der Waals surface area contributed by atoms with E-state index in [9.17, 15) is 0 Å². The Morgan fingerprint density at radius 1 is 1.00 bits per heavy atom. The topological polar surface area (TPSA) is 55.9 Å². The minimum absolute atomic E-state index is 0.558. The first-order valence-electron chi connectivity index (χ1n) is 9.43. The molecule has 0 atom stereocenters. The van der Waals surface area contributed by atoms with Crippen LogP contribution in [0.1, 0.15) is 23.2 Å². The molecule has 1 aliphatic heterocycles. The van der Waals surface area contributed by atoms with Crippen LogP contribution in [0.3, 0.4) is 0 Å². The molecule has 1 fully saturated rings. The summed E-state index contributed by atoms with van der Waals surface area (Å²) >= 11 is 0. The van der Waals surface area contributed by atoms with Crippen LogP contribution < -0.4 is 19.5 Å². The highest BCUT2D eigenvalue weighted by Crippen LogP contribution is 2.37. The zero-order valence-corrected chi connectivity index (χ0v) is 16.7. The van der Waals surface area contributed by atoms with Crippen molar-refractivity contribution in [2.75, 3.05) is 47.5 Å². The fraction of sp³-hybridized carbons (Fsp3) is 0.409. The summed E-state index contributed by atoms with van der Waals surface area (Å²) in [6, 6.07) is 7.79. The summed E-state index contributed by atoms with van der Waals surface area (Å²) in [4.78, 5) is 6.86. The molecular weight excluding hydrogens is 354 g/mol. The van der Waals surface area contributed by atoms with E-state index in [4.69, 9.17) is 14.2 Å². The van der Waals surface area contributed by atoms with E-state index in [-0.39, 0.29) is 0 Å². The van der Waals surface area contributed by atoms with Gasteiger partial charge in [-0.2, -0.15) is 0 Å². The summed E-state index contributed by atoms with van der Waals surface area (Å²) in [7, 11) is 4.78. The average Bonchev–Trinajstić information content (AvgIpc) is 3.00. The van der Waals surface area contributed by atoms with Crippen LogP contribution in [0.4, 0.5) is 0 Å². The molecular formula is C22H27N3O3. The molecule has 3 rings (SSSR count). The number of nitrogens with one attached hydrogen (secondary N) is 1. The van der Waals surface area contributed by atoms with E-state index >= 15 is 0 Å². The van der Waals surface area contributed by atoms with Gasteiger partial charge in [0, 0.05) is 31.4 Å². The maximum absolute atomic E-state index is 5.39. The Kier molecular flexibility index (Phi) is 7.12. The zero-order chi connectivity index (χ0) is 19.8. The van der Waals surface area contributed by atoms with Crippen LogP contribution in [0.25, 0.3) is 0 Å². The number of hydrogen-bond donors (Lipinski definition) is 1. The molecule has 1 saturated heterocycles. The quantitative estimate of drug-likeness (QED) is 0.802. The van der Waals surface area contributed by atoms with Crippen molar-refractivity contribution in [1.82, 2.24) is 15.2 Å². The number of pyridine rings is 1. The van der Waals surface area contributed by atoms with Crippen molar-refractivity contribution in [3.8, 4) is 29.1 Å². The molecule has 0 amide bonds. The van der Waals surface area contributed by atoms with Crippen LogP contribution in [0.5, 0.6) is 17.2 Å². The van der Waals surface area contributed by atoms with Crippen LogP contribution in [0, 0.1) is 11.8 Å². The molecule has 1 N–H and O–H groups in total. The third-order valence-corrected chi connectivity index (χ3v) is 4.66. The van der Waals surface area contributed by atoms with Crippen LogP contribution in [0.2, 0.25) is 0 Å². The first-order chi connectivity index (χ1) is 13.7. The van der Waals surface area contributed by atoms with Crippen LogP contribution in [0.15, 0.2) is 30.5 Å². The number of ether oxygens (including phenoxy) is 3. The van der Waals surface area contributed by atoms with Crippen molar-refractivity contribution in [3.05, 3.63) is 47.3 Å². The number of methoxy groups -OCH3 is 3. The minimum Gasteiger partial charge on any atom is -0.493 e. The summed E-state index contributed by atoms with van der Waals surface area (Å²) in [6.45, 7) is 5.23. The predicted molar refractivity (Wildman–Crippen MR) is 109 cm³/mol. The van der Waals surface area contributed by atoms with E-state index in [0.29, 0.717) is 17.2 Å². The number of nitrogens with zero attached hydrogens (tertiary/aromatic N) is 2. The lowest BCUT2D eigenvalue weighted by Crippen LogP contribution is -2.27. The molecule has 28 heavy (non-hydrogen) atoms. The van der Waals surface area contributed by atoms with Crippen molar-refractivity contribution in [2.45, 2.75) is 13.0 Å². The van der Waals surface area contributed by atoms with E-state index in [2.05, 4.69) is 39.2 Å². The maximum atomic E-state index is 5.39. The SMILES string of the molecule is COc1cc(C#Cc2cc(CN3CCCNCC3)ccn2)cc(OC)c1OC. The van der Waals surface area contributed by atoms with E-state index in [1.165, 1.54) is 12.0 Å². The van der Waals surface area contributed by atoms with E-state index in [1.807, 2.05) is 18.3 Å². The Labute approximate surface area is 166 Å². The smallest absolute Gasteiger partial charge is 0.203 e. The van der Waals surface area contributed by atoms with Gasteiger partial charge in [0.25, 0.3) is 0 Å². The maximum Gasteiger partial charge on any atom is 0.203 e. The van der Waals surface area contributed by atoms with E-state index in [0.717, 1.165) is 44.0 Å². The number of benzene rings is 1. The largest absolute Gasteiger partial charge is 0.493 e. The van der Waals surface area contributed by atoms with Gasteiger partial charge in [0.2, 0.25) is 5.75 Å². The second kappa shape index (κ2) is 9.98. The molecule has 0 radical (unpaired) electrons. The van der Waals surface area contributed by atoms with E-state index < -0.39 is 0 Å². The van der Waals surface area contributed by atoms with Crippen molar-refractivity contribution >= 4 is 0 Å². The Morgan fingerprint density at radius 3 is 2.50 bits per heavy atom. The molecule has 0 spiro atoms. The zero-order valence-electron chi connectivity index (χ0n) is 16.7. The van der Waals surface area contributed by atoms with Gasteiger partial charge in [-0.05, 0) is 55.3 Å². The summed E-state index contributed by atoms with van der Waals surface area (Å²) in [5, 5.41) is 3.43. The number of hydrogen-bond acceptors (Lipinski definition) is 6. The van der Waals surface area contributed by atoms with Crippen molar-refractivity contribution in [1.29, 1.82) is 0 Å². The lowest BCUT2D eigenvalue weighted by Gasteiger charge is -2.19. The van der Waals surface area contributed by atoms with Gasteiger partial charge in [0.15, 0.2) is 11.5 Å². The highest BCUT2D eigenvalue weighted by Gasteiger charge is 2.12. The van der Waals surface area contributed by atoms with Gasteiger partial charge >= 0.3 is 0 Å². The molecule has 1 aromatic heterocycles. The van der Waals surface area contributed by atoms with Gasteiger partial charge in [-0.1, -0.05) is 5.92 Å². The summed E-state index contributed by atoms with van der Waals surface area (Å²) < 4.78 is 16.1. The Bertz CT molecular complexity index is 825. The third kappa shape index (κ3) is 5.16. The third-order valence-electron chi connectivity index (χ3n) is 4.66. The summed E-state index contributed by atoms with van der Waals surface area (Å²) in [5.41, 5.74) is 2.76. The lowest BCUT2D eigenvalue weighted by molar-refractivity contribution is 0.284. The molecule has 148 valence electrons. The van der Waals surface area contributed by atoms with E-state index in [1.54, 1.807) is 21.3 Å². The normalized spacial score (nSPS) is 14.5. The lowest BCUT2D eigenvalue weighted by atomic mass is 10.1. The van der Waals surface area contributed by atoms with Gasteiger partial charge in [-0.3, -0.25) is 4.90 Å². The van der Waals surface area contributed by atoms with Gasteiger partial charge in [0.1, 0.15) is 5.69 Å². The molecule has 6 heteroatoms. The second-order valence-corrected chi connectivity index (χ2v) is 6.59. The molecule has 0 aliphatic carbocycles. The van der Waals surface area contributed by atoms with Crippen LogP contribution >= 0.6 is 0 Å². The summed E-state index contributed by atoms with van der Waals surface area (Å²) in [6.07, 6.45) is 3.00. The van der Waals surface area contributed by atoms with Crippen LogP contribution in [-0.4, -0.2) is 57.4 Å². The fourth-order valence-corrected chi connectivity index (χ4v) is 3.25. The molecule has 1 aliphatic rings. The highest BCUT2D eigenvalue weighted by atomic mass is 16.5.